The van der Waals surface area contributed by atoms with E-state index in [4.69, 9.17) is 5.11 Å². The predicted octanol–water partition coefficient (Wildman–Crippen LogP) is 0.827. The van der Waals surface area contributed by atoms with Crippen molar-refractivity contribution in [1.29, 1.82) is 0 Å². The summed E-state index contributed by atoms with van der Waals surface area (Å²) in [5, 5.41) is 23.1. The monoisotopic (exact) mass is 211 g/mol. The molecule has 80 valence electrons. The molecule has 1 heterocycles. The smallest absolute Gasteiger partial charge is 0.328 e. The zero-order valence-corrected chi connectivity index (χ0v) is 7.74. The molecule has 1 atom stereocenters. The molecule has 1 unspecified atom stereocenters. The number of aliphatic carboxylic acids is 1. The molecular weight excluding hydrogens is 202 g/mol. The van der Waals surface area contributed by atoms with E-state index < -0.39 is 16.9 Å². The lowest BCUT2D eigenvalue weighted by molar-refractivity contribution is -0.385. The molecule has 15 heavy (non-hydrogen) atoms. The Kier molecular flexibility index (Phi) is 2.14. The summed E-state index contributed by atoms with van der Waals surface area (Å²) in [5.74, 6) is -0.933. The van der Waals surface area contributed by atoms with Gasteiger partial charge in [0.2, 0.25) is 0 Å². The summed E-state index contributed by atoms with van der Waals surface area (Å²) in [7, 11) is 0. The Balaban J connectivity index is 2.25. The van der Waals surface area contributed by atoms with E-state index in [2.05, 4.69) is 5.10 Å². The first kappa shape index (κ1) is 9.63. The molecule has 1 aliphatic rings. The Bertz CT molecular complexity index is 410. The number of hydrogen-bond acceptors (Lipinski definition) is 4. The van der Waals surface area contributed by atoms with Crippen molar-refractivity contribution in [3.8, 4) is 0 Å². The fraction of sp³-hybridized carbons (Fsp3) is 0.500. The summed E-state index contributed by atoms with van der Waals surface area (Å²) in [5.41, 5.74) is -0.179. The normalized spacial score (nSPS) is 17.3. The molecule has 0 aliphatic heterocycles. The second-order valence-electron chi connectivity index (χ2n) is 3.56. The Morgan fingerprint density at radius 3 is 2.80 bits per heavy atom. The van der Waals surface area contributed by atoms with E-state index in [-0.39, 0.29) is 11.6 Å². The van der Waals surface area contributed by atoms with Gasteiger partial charge < -0.3 is 5.11 Å². The topological polar surface area (TPSA) is 98.3 Å². The highest BCUT2D eigenvalue weighted by molar-refractivity contribution is 5.72. The van der Waals surface area contributed by atoms with Crippen LogP contribution in [0.25, 0.3) is 0 Å². The van der Waals surface area contributed by atoms with Gasteiger partial charge in [0.25, 0.3) is 0 Å². The lowest BCUT2D eigenvalue weighted by Gasteiger charge is -2.10. The second kappa shape index (κ2) is 3.34. The van der Waals surface area contributed by atoms with E-state index in [0.29, 0.717) is 0 Å². The largest absolute Gasteiger partial charge is 0.480 e. The lowest BCUT2D eigenvalue weighted by Crippen LogP contribution is -2.21. The van der Waals surface area contributed by atoms with Crippen LogP contribution in [-0.4, -0.2) is 25.8 Å². The lowest BCUT2D eigenvalue weighted by atomic mass is 10.2. The van der Waals surface area contributed by atoms with Crippen LogP contribution in [0.1, 0.15) is 18.9 Å². The van der Waals surface area contributed by atoms with E-state index in [1.165, 1.54) is 0 Å². The van der Waals surface area contributed by atoms with Crippen LogP contribution in [0.2, 0.25) is 0 Å². The Hall–Kier alpha value is -1.92. The van der Waals surface area contributed by atoms with Crippen LogP contribution in [0.3, 0.4) is 0 Å². The SMILES string of the molecule is O=C(O)C(C1CC1)n1cc([N+](=O)[O-])cn1. The fourth-order valence-corrected chi connectivity index (χ4v) is 1.52. The minimum atomic E-state index is -0.990. The van der Waals surface area contributed by atoms with E-state index in [9.17, 15) is 14.9 Å². The van der Waals surface area contributed by atoms with Crippen molar-refractivity contribution in [2.75, 3.05) is 0 Å². The molecule has 7 heteroatoms. The van der Waals surface area contributed by atoms with E-state index in [1.807, 2.05) is 0 Å². The van der Waals surface area contributed by atoms with Gasteiger partial charge in [0.1, 0.15) is 12.4 Å². The van der Waals surface area contributed by atoms with Crippen LogP contribution >= 0.6 is 0 Å². The van der Waals surface area contributed by atoms with Crippen LogP contribution < -0.4 is 0 Å². The highest BCUT2D eigenvalue weighted by atomic mass is 16.6. The molecule has 1 aliphatic carbocycles. The van der Waals surface area contributed by atoms with Gasteiger partial charge in [-0.15, -0.1) is 0 Å². The number of carbonyl (C=O) groups is 1. The first-order valence-corrected chi connectivity index (χ1v) is 4.51. The molecule has 1 saturated carbocycles. The summed E-state index contributed by atoms with van der Waals surface area (Å²) in [4.78, 5) is 20.7. The van der Waals surface area contributed by atoms with Crippen molar-refractivity contribution < 1.29 is 14.8 Å². The second-order valence-corrected chi connectivity index (χ2v) is 3.56. The molecule has 0 bridgehead atoms. The molecule has 1 aromatic rings. The minimum absolute atomic E-state index is 0.0574. The average molecular weight is 211 g/mol. The molecule has 0 amide bonds. The molecule has 0 saturated heterocycles. The first-order chi connectivity index (χ1) is 7.09. The summed E-state index contributed by atoms with van der Waals surface area (Å²) in [6.45, 7) is 0. The van der Waals surface area contributed by atoms with E-state index in [1.54, 1.807) is 0 Å². The zero-order chi connectivity index (χ0) is 11.0. The van der Waals surface area contributed by atoms with Crippen LogP contribution in [0.5, 0.6) is 0 Å². The summed E-state index contributed by atoms with van der Waals surface area (Å²) >= 11 is 0. The van der Waals surface area contributed by atoms with Crippen molar-refractivity contribution in [3.63, 3.8) is 0 Å². The molecule has 7 nitrogen and oxygen atoms in total. The van der Waals surface area contributed by atoms with Gasteiger partial charge in [-0.3, -0.25) is 14.8 Å². The Morgan fingerprint density at radius 1 is 1.73 bits per heavy atom. The predicted molar refractivity (Wildman–Crippen MR) is 48.3 cm³/mol. The van der Waals surface area contributed by atoms with Crippen molar-refractivity contribution in [2.24, 2.45) is 5.92 Å². The van der Waals surface area contributed by atoms with E-state index >= 15 is 0 Å². The number of carboxylic acids is 1. The standard InChI is InChI=1S/C8H9N3O4/c12-8(13)7(5-1-2-5)10-4-6(3-9-10)11(14)15/h3-5,7H,1-2H2,(H,12,13). The third-order valence-electron chi connectivity index (χ3n) is 2.41. The number of hydrogen-bond donors (Lipinski definition) is 1. The minimum Gasteiger partial charge on any atom is -0.480 e. The van der Waals surface area contributed by atoms with Crippen molar-refractivity contribution in [3.05, 3.63) is 22.5 Å². The number of carboxylic acid groups (broad SMARTS) is 1. The van der Waals surface area contributed by atoms with Gasteiger partial charge in [-0.1, -0.05) is 0 Å². The zero-order valence-electron chi connectivity index (χ0n) is 7.74. The third kappa shape index (κ3) is 1.80. The van der Waals surface area contributed by atoms with Gasteiger partial charge in [-0.05, 0) is 18.8 Å². The van der Waals surface area contributed by atoms with Gasteiger partial charge in [0.15, 0.2) is 6.04 Å². The van der Waals surface area contributed by atoms with Crippen LogP contribution in [0.15, 0.2) is 12.4 Å². The number of nitrogens with zero attached hydrogens (tertiary/aromatic N) is 3. The fourth-order valence-electron chi connectivity index (χ4n) is 1.52. The average Bonchev–Trinajstić information content (AvgIpc) is 2.81. The molecule has 0 spiro atoms. The van der Waals surface area contributed by atoms with Crippen molar-refractivity contribution in [2.45, 2.75) is 18.9 Å². The van der Waals surface area contributed by atoms with Gasteiger partial charge in [-0.25, -0.2) is 4.79 Å². The van der Waals surface area contributed by atoms with Crippen LogP contribution in [0.4, 0.5) is 5.69 Å². The third-order valence-corrected chi connectivity index (χ3v) is 2.41. The molecule has 1 aromatic heterocycles. The number of aromatic nitrogens is 2. The van der Waals surface area contributed by atoms with Gasteiger partial charge >= 0.3 is 11.7 Å². The maximum Gasteiger partial charge on any atom is 0.328 e. The van der Waals surface area contributed by atoms with Gasteiger partial charge in [0, 0.05) is 0 Å². The number of nitro groups is 1. The molecule has 0 aromatic carbocycles. The van der Waals surface area contributed by atoms with Crippen molar-refractivity contribution in [1.82, 2.24) is 9.78 Å². The molecule has 0 radical (unpaired) electrons. The maximum atomic E-state index is 10.9. The maximum absolute atomic E-state index is 10.9. The highest BCUT2D eigenvalue weighted by Gasteiger charge is 2.38. The first-order valence-electron chi connectivity index (χ1n) is 4.51. The quantitative estimate of drug-likeness (QED) is 0.587. The van der Waals surface area contributed by atoms with E-state index in [0.717, 1.165) is 29.9 Å². The summed E-state index contributed by atoms with van der Waals surface area (Å²) < 4.78 is 1.16. The van der Waals surface area contributed by atoms with Crippen molar-refractivity contribution >= 4 is 11.7 Å². The van der Waals surface area contributed by atoms with Crippen LogP contribution in [-0.2, 0) is 4.79 Å². The molecule has 2 rings (SSSR count). The Labute approximate surface area is 84.5 Å². The summed E-state index contributed by atoms with van der Waals surface area (Å²) in [6.07, 6.45) is 3.91. The molecule has 1 fully saturated rings. The Morgan fingerprint density at radius 2 is 2.40 bits per heavy atom. The van der Waals surface area contributed by atoms with Gasteiger partial charge in [-0.2, -0.15) is 5.10 Å². The molecule has 1 N–H and O–H groups in total. The summed E-state index contributed by atoms with van der Waals surface area (Å²) in [6, 6.07) is -0.765. The number of rotatable bonds is 4. The molecular formula is C8H9N3O4. The van der Waals surface area contributed by atoms with Crippen LogP contribution in [0, 0.1) is 16.0 Å². The van der Waals surface area contributed by atoms with Gasteiger partial charge in [0.05, 0.1) is 4.92 Å². The highest BCUT2D eigenvalue weighted by Crippen LogP contribution is 2.39.